The van der Waals surface area contributed by atoms with Gasteiger partial charge in [-0.25, -0.2) is 9.78 Å². The molecule has 0 aliphatic rings. The molecular weight excluding hydrogens is 242 g/mol. The van der Waals surface area contributed by atoms with Gasteiger partial charge in [-0.2, -0.15) is 0 Å². The molecule has 0 fully saturated rings. The minimum Gasteiger partial charge on any atom is -0.467 e. The monoisotopic (exact) mass is 253 g/mol. The van der Waals surface area contributed by atoms with Crippen LogP contribution in [-0.2, 0) is 9.53 Å². The van der Waals surface area contributed by atoms with Crippen LogP contribution in [0.1, 0.15) is 13.0 Å². The molecule has 0 bridgehead atoms. The third-order valence-electron chi connectivity index (χ3n) is 2.63. The Bertz CT molecular complexity index is 579. The molecule has 0 saturated heterocycles. The van der Waals surface area contributed by atoms with Crippen molar-refractivity contribution in [2.75, 3.05) is 12.8 Å². The molecule has 5 nitrogen and oxygen atoms in total. The Morgan fingerprint density at radius 1 is 1.59 bits per heavy atom. The first-order valence-corrected chi connectivity index (χ1v) is 5.43. The molecule has 1 unspecified atom stereocenters. The summed E-state index contributed by atoms with van der Waals surface area (Å²) in [4.78, 5) is 15.7. The van der Waals surface area contributed by atoms with Gasteiger partial charge in [-0.05, 0) is 19.1 Å². The summed E-state index contributed by atoms with van der Waals surface area (Å²) in [6, 6.07) is 4.78. The van der Waals surface area contributed by atoms with Crippen LogP contribution < -0.4 is 5.73 Å². The van der Waals surface area contributed by atoms with Crippen molar-refractivity contribution in [2.45, 2.75) is 13.0 Å². The van der Waals surface area contributed by atoms with Crippen LogP contribution in [0.25, 0.3) is 11.0 Å². The fourth-order valence-electron chi connectivity index (χ4n) is 1.78. The second-order valence-electron chi connectivity index (χ2n) is 3.65. The van der Waals surface area contributed by atoms with Crippen molar-refractivity contribution in [1.82, 2.24) is 9.55 Å². The molecule has 2 rings (SSSR count). The highest BCUT2D eigenvalue weighted by atomic mass is 35.5. The van der Waals surface area contributed by atoms with E-state index in [1.54, 1.807) is 23.6 Å². The zero-order valence-corrected chi connectivity index (χ0v) is 10.2. The van der Waals surface area contributed by atoms with E-state index in [0.717, 1.165) is 0 Å². The van der Waals surface area contributed by atoms with Crippen molar-refractivity contribution >= 4 is 34.6 Å². The summed E-state index contributed by atoms with van der Waals surface area (Å²) in [5.74, 6) is -0.137. The number of nitrogens with two attached hydrogens (primary N) is 1. The summed E-state index contributed by atoms with van der Waals surface area (Å²) < 4.78 is 6.30. The molecule has 17 heavy (non-hydrogen) atoms. The fraction of sp³-hybridized carbons (Fsp3) is 0.273. The maximum absolute atomic E-state index is 11.5. The molecule has 2 aromatic rings. The number of carbonyl (C=O) groups is 1. The normalized spacial score (nSPS) is 12.6. The Labute approximate surface area is 103 Å². The number of hydrogen-bond acceptors (Lipinski definition) is 4. The average Bonchev–Trinajstić information content (AvgIpc) is 2.65. The third kappa shape index (κ3) is 1.82. The number of rotatable bonds is 2. The van der Waals surface area contributed by atoms with E-state index in [2.05, 4.69) is 4.98 Å². The Morgan fingerprint density at radius 3 is 2.94 bits per heavy atom. The summed E-state index contributed by atoms with van der Waals surface area (Å²) in [6.07, 6.45) is 0. The molecule has 90 valence electrons. The lowest BCUT2D eigenvalue weighted by atomic mass is 10.3. The van der Waals surface area contributed by atoms with E-state index < -0.39 is 6.04 Å². The van der Waals surface area contributed by atoms with Crippen molar-refractivity contribution in [3.8, 4) is 0 Å². The van der Waals surface area contributed by atoms with Gasteiger partial charge in [-0.1, -0.05) is 17.7 Å². The van der Waals surface area contributed by atoms with E-state index in [4.69, 9.17) is 22.1 Å². The van der Waals surface area contributed by atoms with Crippen LogP contribution in [0.4, 0.5) is 5.95 Å². The second kappa shape index (κ2) is 4.25. The van der Waals surface area contributed by atoms with Crippen LogP contribution in [0.5, 0.6) is 0 Å². The van der Waals surface area contributed by atoms with Gasteiger partial charge < -0.3 is 10.5 Å². The van der Waals surface area contributed by atoms with Gasteiger partial charge in [0.1, 0.15) is 11.6 Å². The van der Waals surface area contributed by atoms with Gasteiger partial charge in [0.05, 0.1) is 17.6 Å². The quantitative estimate of drug-likeness (QED) is 0.831. The first kappa shape index (κ1) is 11.7. The molecule has 1 atom stereocenters. The minimum atomic E-state index is -0.538. The van der Waals surface area contributed by atoms with Crippen LogP contribution in [0.2, 0.25) is 5.02 Å². The van der Waals surface area contributed by atoms with E-state index >= 15 is 0 Å². The number of carbonyl (C=O) groups excluding carboxylic acids is 1. The highest BCUT2D eigenvalue weighted by Gasteiger charge is 2.21. The summed E-state index contributed by atoms with van der Waals surface area (Å²) in [5, 5.41) is 0.505. The average molecular weight is 254 g/mol. The number of para-hydroxylation sites is 1. The molecule has 0 amide bonds. The highest BCUT2D eigenvalue weighted by Crippen LogP contribution is 2.28. The standard InChI is InChI=1S/C11H12ClN3O2/c1-6(10(16)17-2)15-8-5-3-4-7(12)9(8)14-11(15)13/h3-6H,1-2H3,(H2,13,14). The number of benzene rings is 1. The summed E-state index contributed by atoms with van der Waals surface area (Å²) in [7, 11) is 1.33. The molecule has 1 aromatic carbocycles. The zero-order valence-electron chi connectivity index (χ0n) is 9.48. The fourth-order valence-corrected chi connectivity index (χ4v) is 2.00. The van der Waals surface area contributed by atoms with E-state index in [1.807, 2.05) is 6.07 Å². The molecule has 0 aliphatic carbocycles. The van der Waals surface area contributed by atoms with Crippen molar-refractivity contribution in [3.63, 3.8) is 0 Å². The molecule has 0 spiro atoms. The Morgan fingerprint density at radius 2 is 2.29 bits per heavy atom. The van der Waals surface area contributed by atoms with Crippen LogP contribution >= 0.6 is 11.6 Å². The van der Waals surface area contributed by atoms with Crippen LogP contribution in [0, 0.1) is 0 Å². The number of aromatic nitrogens is 2. The second-order valence-corrected chi connectivity index (χ2v) is 4.05. The smallest absolute Gasteiger partial charge is 0.328 e. The number of ether oxygens (including phenoxy) is 1. The van der Waals surface area contributed by atoms with E-state index in [-0.39, 0.29) is 11.9 Å². The topological polar surface area (TPSA) is 70.1 Å². The van der Waals surface area contributed by atoms with Crippen molar-refractivity contribution in [1.29, 1.82) is 0 Å². The van der Waals surface area contributed by atoms with Gasteiger partial charge >= 0.3 is 5.97 Å². The lowest BCUT2D eigenvalue weighted by Gasteiger charge is -2.13. The lowest BCUT2D eigenvalue weighted by molar-refractivity contribution is -0.143. The van der Waals surface area contributed by atoms with Crippen molar-refractivity contribution in [3.05, 3.63) is 23.2 Å². The molecule has 0 aliphatic heterocycles. The summed E-state index contributed by atoms with van der Waals surface area (Å²) in [6.45, 7) is 1.70. The SMILES string of the molecule is COC(=O)C(C)n1c(N)nc2c(Cl)cccc21. The van der Waals surface area contributed by atoms with E-state index in [1.165, 1.54) is 7.11 Å². The first-order chi connectivity index (χ1) is 8.06. The number of imidazole rings is 1. The van der Waals surface area contributed by atoms with Gasteiger partial charge in [0.2, 0.25) is 5.95 Å². The zero-order chi connectivity index (χ0) is 12.6. The number of halogens is 1. The molecule has 0 radical (unpaired) electrons. The number of hydrogen-bond donors (Lipinski definition) is 1. The number of nitrogens with zero attached hydrogens (tertiary/aromatic N) is 2. The Balaban J connectivity index is 2.65. The maximum Gasteiger partial charge on any atom is 0.328 e. The molecule has 1 aromatic heterocycles. The predicted molar refractivity (Wildman–Crippen MR) is 65.9 cm³/mol. The van der Waals surface area contributed by atoms with Gasteiger partial charge in [0, 0.05) is 0 Å². The van der Waals surface area contributed by atoms with E-state index in [0.29, 0.717) is 16.1 Å². The van der Waals surface area contributed by atoms with Crippen molar-refractivity contribution < 1.29 is 9.53 Å². The lowest BCUT2D eigenvalue weighted by Crippen LogP contribution is -2.19. The third-order valence-corrected chi connectivity index (χ3v) is 2.93. The molecule has 0 saturated carbocycles. The van der Waals surface area contributed by atoms with Crippen LogP contribution in [-0.4, -0.2) is 22.6 Å². The molecule has 6 heteroatoms. The first-order valence-electron chi connectivity index (χ1n) is 5.06. The van der Waals surface area contributed by atoms with Gasteiger partial charge in [-0.15, -0.1) is 0 Å². The number of anilines is 1. The summed E-state index contributed by atoms with van der Waals surface area (Å²) in [5.41, 5.74) is 7.10. The number of nitrogen functional groups attached to an aromatic ring is 1. The molecular formula is C11H12ClN3O2. The number of esters is 1. The molecule has 2 N–H and O–H groups in total. The minimum absolute atomic E-state index is 0.242. The maximum atomic E-state index is 11.5. The Kier molecular flexibility index (Phi) is 2.93. The summed E-state index contributed by atoms with van der Waals surface area (Å²) >= 11 is 6.01. The highest BCUT2D eigenvalue weighted by molar-refractivity contribution is 6.35. The van der Waals surface area contributed by atoms with Gasteiger partial charge in [-0.3, -0.25) is 4.57 Å². The number of fused-ring (bicyclic) bond motifs is 1. The van der Waals surface area contributed by atoms with Crippen LogP contribution in [0.15, 0.2) is 18.2 Å². The van der Waals surface area contributed by atoms with Crippen LogP contribution in [0.3, 0.4) is 0 Å². The largest absolute Gasteiger partial charge is 0.467 e. The van der Waals surface area contributed by atoms with Crippen molar-refractivity contribution in [2.24, 2.45) is 0 Å². The van der Waals surface area contributed by atoms with Gasteiger partial charge in [0.25, 0.3) is 0 Å². The Hall–Kier alpha value is -1.75. The molecule has 1 heterocycles. The predicted octanol–water partition coefficient (Wildman–Crippen LogP) is 2.01. The van der Waals surface area contributed by atoms with E-state index in [9.17, 15) is 4.79 Å². The van der Waals surface area contributed by atoms with Gasteiger partial charge in [0.15, 0.2) is 0 Å². The number of methoxy groups -OCH3 is 1.